The van der Waals surface area contributed by atoms with Crippen molar-refractivity contribution in [2.45, 2.75) is 102 Å². The minimum atomic E-state index is -0.00760. The predicted molar refractivity (Wildman–Crippen MR) is 154 cm³/mol. The number of fused-ring (bicyclic) bond motifs is 15. The quantitative estimate of drug-likeness (QED) is 0.165. The summed E-state index contributed by atoms with van der Waals surface area (Å²) in [5.41, 5.74) is 0. The van der Waals surface area contributed by atoms with Crippen molar-refractivity contribution in [3.8, 4) is 0 Å². The predicted octanol–water partition coefficient (Wildman–Crippen LogP) is 4.42. The summed E-state index contributed by atoms with van der Waals surface area (Å²) in [5.74, 6) is 6.68. The van der Waals surface area contributed by atoms with Gasteiger partial charge >= 0.3 is 11.9 Å². The molecule has 7 aliphatic carbocycles. The van der Waals surface area contributed by atoms with Crippen molar-refractivity contribution in [1.82, 2.24) is 0 Å². The normalized spacial score (nSPS) is 50.9. The molecule has 0 aromatic heterocycles. The van der Waals surface area contributed by atoms with Gasteiger partial charge in [0.15, 0.2) is 0 Å². The maximum Gasteiger partial charge on any atom is 0.309 e. The van der Waals surface area contributed by atoms with Crippen LogP contribution in [-0.4, -0.2) is 75.5 Å². The zero-order valence-electron chi connectivity index (χ0n) is 25.7. The summed E-state index contributed by atoms with van der Waals surface area (Å²) in [6.07, 6.45) is 13.0. The van der Waals surface area contributed by atoms with Crippen LogP contribution in [0.15, 0.2) is 0 Å². The Hall–Kier alpha value is -1.22. The summed E-state index contributed by atoms with van der Waals surface area (Å²) >= 11 is 0. The Labute approximate surface area is 255 Å². The SMILES string of the molecule is CC(OCCCOC(=O)C1CC2CC1C1OC21)C1CCC2C3CC(COCCCOC(=O)C4CC5CC4C4OC54)C(C3)C21. The third-order valence-electron chi connectivity index (χ3n) is 14.0. The van der Waals surface area contributed by atoms with Gasteiger partial charge in [0, 0.05) is 37.9 Å². The molecule has 0 aromatic carbocycles. The third-order valence-corrected chi connectivity index (χ3v) is 14.0. The molecule has 2 heterocycles. The molecule has 0 radical (unpaired) electrons. The first kappa shape index (κ1) is 28.0. The van der Waals surface area contributed by atoms with Crippen molar-refractivity contribution in [3.05, 3.63) is 0 Å². The summed E-state index contributed by atoms with van der Waals surface area (Å²) in [7, 11) is 0. The fraction of sp³-hybridized carbons (Fsp3) is 0.943. The van der Waals surface area contributed by atoms with Gasteiger partial charge in [-0.15, -0.1) is 0 Å². The van der Waals surface area contributed by atoms with Gasteiger partial charge in [-0.25, -0.2) is 0 Å². The molecule has 0 amide bonds. The van der Waals surface area contributed by atoms with E-state index in [0.29, 0.717) is 86.4 Å². The molecule has 9 aliphatic rings. The van der Waals surface area contributed by atoms with Gasteiger partial charge in [-0.1, -0.05) is 0 Å². The van der Waals surface area contributed by atoms with Crippen LogP contribution < -0.4 is 0 Å². The number of hydrogen-bond donors (Lipinski definition) is 0. The first-order valence-corrected chi connectivity index (χ1v) is 17.9. The van der Waals surface area contributed by atoms with Crippen LogP contribution in [0.4, 0.5) is 0 Å². The van der Waals surface area contributed by atoms with Crippen molar-refractivity contribution < 1.29 is 38.0 Å². The van der Waals surface area contributed by atoms with Crippen LogP contribution in [0.25, 0.3) is 0 Å². The van der Waals surface area contributed by atoms with Gasteiger partial charge in [0.25, 0.3) is 0 Å². The van der Waals surface area contributed by atoms with E-state index in [1.165, 1.54) is 25.7 Å². The zero-order valence-corrected chi connectivity index (χ0v) is 25.7. The molecule has 7 saturated carbocycles. The van der Waals surface area contributed by atoms with Crippen LogP contribution in [0, 0.1) is 71.0 Å². The van der Waals surface area contributed by atoms with Gasteiger partial charge in [-0.3, -0.25) is 9.59 Å². The number of hydrogen-bond acceptors (Lipinski definition) is 8. The number of ether oxygens (including phenoxy) is 6. The summed E-state index contributed by atoms with van der Waals surface area (Å²) in [4.78, 5) is 25.2. The molecule has 238 valence electrons. The summed E-state index contributed by atoms with van der Waals surface area (Å²) in [5, 5.41) is 0. The van der Waals surface area contributed by atoms with E-state index in [1.807, 2.05) is 0 Å². The maximum atomic E-state index is 12.6. The molecule has 43 heavy (non-hydrogen) atoms. The number of carbonyl (C=O) groups excluding carboxylic acids is 2. The Balaban J connectivity index is 0.664. The van der Waals surface area contributed by atoms with Crippen molar-refractivity contribution in [2.75, 3.05) is 33.0 Å². The highest BCUT2D eigenvalue weighted by molar-refractivity contribution is 5.74. The molecule has 17 unspecified atom stereocenters. The van der Waals surface area contributed by atoms with Gasteiger partial charge in [-0.2, -0.15) is 0 Å². The standard InChI is InChI=1S/C35H50O8/c1-17(39-7-3-9-41-35(37)28-15-20-13-26(28)33-31(20)43-33)22-4-5-23-18-10-21(24(11-18)29(22)23)16-38-6-2-8-40-34(36)27-14-19-12-25(27)32-30(19)42-32/h17-33H,2-16H2,1H3. The zero-order chi connectivity index (χ0) is 28.8. The van der Waals surface area contributed by atoms with Crippen molar-refractivity contribution in [2.24, 2.45) is 71.0 Å². The van der Waals surface area contributed by atoms with Crippen LogP contribution in [-0.2, 0) is 38.0 Å². The fourth-order valence-electron chi connectivity index (χ4n) is 12.2. The molecule has 9 fully saturated rings. The highest BCUT2D eigenvalue weighted by Gasteiger charge is 2.66. The van der Waals surface area contributed by atoms with E-state index in [4.69, 9.17) is 28.4 Å². The lowest BCUT2D eigenvalue weighted by Gasteiger charge is -2.36. The van der Waals surface area contributed by atoms with E-state index < -0.39 is 0 Å². The van der Waals surface area contributed by atoms with Crippen LogP contribution in [0.1, 0.15) is 71.1 Å². The maximum absolute atomic E-state index is 12.6. The minimum Gasteiger partial charge on any atom is -0.465 e. The van der Waals surface area contributed by atoms with Gasteiger partial charge in [-0.05, 0) is 106 Å². The van der Waals surface area contributed by atoms with E-state index >= 15 is 0 Å². The van der Waals surface area contributed by atoms with Gasteiger partial charge < -0.3 is 28.4 Å². The Morgan fingerprint density at radius 2 is 1.30 bits per heavy atom. The van der Waals surface area contributed by atoms with Gasteiger partial charge in [0.1, 0.15) is 0 Å². The van der Waals surface area contributed by atoms with Gasteiger partial charge in [0.05, 0.1) is 62.2 Å². The number of carbonyl (C=O) groups is 2. The van der Waals surface area contributed by atoms with E-state index in [1.54, 1.807) is 0 Å². The molecule has 2 saturated heterocycles. The first-order valence-electron chi connectivity index (χ1n) is 17.9. The molecule has 2 aliphatic heterocycles. The molecule has 8 heteroatoms. The lowest BCUT2D eigenvalue weighted by molar-refractivity contribution is -0.151. The smallest absolute Gasteiger partial charge is 0.309 e. The monoisotopic (exact) mass is 598 g/mol. The van der Waals surface area contributed by atoms with Crippen LogP contribution in [0.3, 0.4) is 0 Å². The van der Waals surface area contributed by atoms with Crippen LogP contribution in [0.2, 0.25) is 0 Å². The second kappa shape index (κ2) is 10.9. The molecule has 0 aromatic rings. The van der Waals surface area contributed by atoms with Crippen LogP contribution in [0.5, 0.6) is 0 Å². The van der Waals surface area contributed by atoms with E-state index in [2.05, 4.69) is 6.92 Å². The molecule has 0 N–H and O–H groups in total. The van der Waals surface area contributed by atoms with E-state index in [-0.39, 0.29) is 29.9 Å². The largest absolute Gasteiger partial charge is 0.465 e. The Morgan fingerprint density at radius 1 is 0.674 bits per heavy atom. The minimum absolute atomic E-state index is 0.00683. The van der Waals surface area contributed by atoms with Crippen LogP contribution >= 0.6 is 0 Å². The van der Waals surface area contributed by atoms with Gasteiger partial charge in [0.2, 0.25) is 0 Å². The number of esters is 2. The fourth-order valence-corrected chi connectivity index (χ4v) is 12.2. The van der Waals surface area contributed by atoms with E-state index in [0.717, 1.165) is 68.8 Å². The molecule has 8 nitrogen and oxygen atoms in total. The lowest BCUT2D eigenvalue weighted by Crippen LogP contribution is -2.35. The van der Waals surface area contributed by atoms with E-state index in [9.17, 15) is 9.59 Å². The Morgan fingerprint density at radius 3 is 1.93 bits per heavy atom. The molecular formula is C35H50O8. The molecule has 17 atom stereocenters. The average molecular weight is 599 g/mol. The summed E-state index contributed by atoms with van der Waals surface area (Å²) < 4.78 is 35.3. The molecule has 0 spiro atoms. The number of epoxide rings is 2. The van der Waals surface area contributed by atoms with Crippen molar-refractivity contribution in [1.29, 1.82) is 0 Å². The second-order valence-electron chi connectivity index (χ2n) is 16.0. The molecule has 6 bridgehead atoms. The van der Waals surface area contributed by atoms with Crippen molar-refractivity contribution >= 4 is 11.9 Å². The topological polar surface area (TPSA) is 96.1 Å². The summed E-state index contributed by atoms with van der Waals surface area (Å²) in [6, 6.07) is 0. The molecule has 9 rings (SSSR count). The highest BCUT2D eigenvalue weighted by Crippen LogP contribution is 2.64. The molecular weight excluding hydrogens is 548 g/mol. The second-order valence-corrected chi connectivity index (χ2v) is 16.0. The average Bonchev–Trinajstić information content (AvgIpc) is 3.46. The summed E-state index contributed by atoms with van der Waals surface area (Å²) in [6.45, 7) is 5.38. The Bertz CT molecular complexity index is 1100. The highest BCUT2D eigenvalue weighted by atomic mass is 16.6. The number of rotatable bonds is 14. The van der Waals surface area contributed by atoms with Crippen molar-refractivity contribution in [3.63, 3.8) is 0 Å². The first-order chi connectivity index (χ1) is 21.0. The third kappa shape index (κ3) is 4.82. The Kier molecular flexibility index (Phi) is 7.14. The lowest BCUT2D eigenvalue weighted by atomic mass is 9.72.